The summed E-state index contributed by atoms with van der Waals surface area (Å²) >= 11 is 0. The largest absolute Gasteiger partial charge is 0.294 e. The normalized spacial score (nSPS) is 57.7. The molecule has 1 nitrogen and oxygen atoms in total. The van der Waals surface area contributed by atoms with Crippen molar-refractivity contribution in [3.8, 4) is 0 Å². The summed E-state index contributed by atoms with van der Waals surface area (Å²) in [5.74, 6) is 1.92. The average Bonchev–Trinajstić information content (AvgIpc) is 2.04. The van der Waals surface area contributed by atoms with Crippen molar-refractivity contribution in [1.29, 1.82) is 0 Å². The molecule has 0 aromatic carbocycles. The minimum absolute atomic E-state index is 0.721. The molecule has 0 aromatic rings. The van der Waals surface area contributed by atoms with Gasteiger partial charge in [-0.15, -0.1) is 0 Å². The fourth-order valence-corrected chi connectivity index (χ4v) is 3.61. The predicted molar refractivity (Wildman–Crippen MR) is 45.8 cm³/mol. The Bertz CT molecular complexity index is 221. The Labute approximate surface area is 67.9 Å². The summed E-state index contributed by atoms with van der Waals surface area (Å²) < 4.78 is 0. The van der Waals surface area contributed by atoms with E-state index in [1.165, 1.54) is 25.7 Å². The first-order valence-electron chi connectivity index (χ1n) is 4.87. The molecule has 4 atom stereocenters. The molecule has 4 bridgehead atoms. The van der Waals surface area contributed by atoms with Crippen molar-refractivity contribution in [2.75, 3.05) is 0 Å². The number of nitrogens with zero attached hydrogens (tertiary/aromatic N) is 1. The topological polar surface area (TPSA) is 12.4 Å². The predicted octanol–water partition coefficient (Wildman–Crippen LogP) is 2.27. The Hall–Kier alpha value is -0.330. The van der Waals surface area contributed by atoms with E-state index in [1.807, 2.05) is 0 Å². The molecular weight excluding hydrogens is 134 g/mol. The molecule has 2 aliphatic heterocycles. The number of hydrogen-bond acceptors (Lipinski definition) is 1. The monoisotopic (exact) mass is 149 g/mol. The van der Waals surface area contributed by atoms with Crippen LogP contribution < -0.4 is 0 Å². The van der Waals surface area contributed by atoms with Crippen molar-refractivity contribution in [2.45, 2.75) is 38.6 Å². The highest BCUT2D eigenvalue weighted by atomic mass is 14.9. The summed E-state index contributed by atoms with van der Waals surface area (Å²) in [5.41, 5.74) is 0.731. The third kappa shape index (κ3) is 0.567. The number of hydrogen-bond donors (Lipinski definition) is 0. The summed E-state index contributed by atoms with van der Waals surface area (Å²) in [6.07, 6.45) is 7.98. The molecule has 0 N–H and O–H groups in total. The van der Waals surface area contributed by atoms with E-state index < -0.39 is 0 Å². The Balaban J connectivity index is 2.00. The molecule has 5 rings (SSSR count). The first kappa shape index (κ1) is 6.22. The maximum absolute atomic E-state index is 4.55. The van der Waals surface area contributed by atoms with Gasteiger partial charge in [0.15, 0.2) is 0 Å². The van der Waals surface area contributed by atoms with E-state index in [0.29, 0.717) is 0 Å². The second-order valence-corrected chi connectivity index (χ2v) is 4.60. The van der Waals surface area contributed by atoms with Crippen LogP contribution in [0, 0.1) is 17.3 Å². The van der Waals surface area contributed by atoms with Crippen LogP contribution in [0.3, 0.4) is 0 Å². The van der Waals surface area contributed by atoms with Crippen molar-refractivity contribution in [3.63, 3.8) is 0 Å². The van der Waals surface area contributed by atoms with Gasteiger partial charge in [0.1, 0.15) is 0 Å². The second kappa shape index (κ2) is 1.70. The quantitative estimate of drug-likeness (QED) is 0.542. The Morgan fingerprint density at radius 1 is 1.55 bits per heavy atom. The molecule has 0 radical (unpaired) electrons. The highest BCUT2D eigenvalue weighted by molar-refractivity contribution is 5.67. The lowest BCUT2D eigenvalue weighted by molar-refractivity contribution is -0.0697. The van der Waals surface area contributed by atoms with Crippen LogP contribution in [0.5, 0.6) is 0 Å². The van der Waals surface area contributed by atoms with Crippen LogP contribution in [0.1, 0.15) is 32.6 Å². The van der Waals surface area contributed by atoms with Gasteiger partial charge >= 0.3 is 0 Å². The van der Waals surface area contributed by atoms with Crippen molar-refractivity contribution < 1.29 is 0 Å². The van der Waals surface area contributed by atoms with E-state index >= 15 is 0 Å². The molecule has 0 aromatic heterocycles. The molecule has 0 saturated heterocycles. The maximum Gasteiger partial charge on any atom is 0.0504 e. The van der Waals surface area contributed by atoms with Gasteiger partial charge in [-0.1, -0.05) is 6.92 Å². The van der Waals surface area contributed by atoms with E-state index in [4.69, 9.17) is 0 Å². The minimum Gasteiger partial charge on any atom is -0.294 e. The van der Waals surface area contributed by atoms with E-state index in [9.17, 15) is 0 Å². The summed E-state index contributed by atoms with van der Waals surface area (Å²) in [6.45, 7) is 2.35. The molecule has 2 heterocycles. The fourth-order valence-electron chi connectivity index (χ4n) is 3.61. The van der Waals surface area contributed by atoms with Gasteiger partial charge in [0.25, 0.3) is 0 Å². The Morgan fingerprint density at radius 3 is 2.91 bits per heavy atom. The third-order valence-electron chi connectivity index (χ3n) is 4.26. The van der Waals surface area contributed by atoms with Crippen molar-refractivity contribution in [3.05, 3.63) is 0 Å². The van der Waals surface area contributed by atoms with Crippen LogP contribution in [-0.2, 0) is 0 Å². The van der Waals surface area contributed by atoms with Gasteiger partial charge in [0.05, 0.1) is 6.04 Å². The minimum atomic E-state index is 0.721. The highest BCUT2D eigenvalue weighted by Crippen LogP contribution is 2.63. The Kier molecular flexibility index (Phi) is 0.961. The molecule has 60 valence electrons. The van der Waals surface area contributed by atoms with E-state index in [-0.39, 0.29) is 0 Å². The van der Waals surface area contributed by atoms with Gasteiger partial charge in [0.2, 0.25) is 0 Å². The van der Waals surface area contributed by atoms with Gasteiger partial charge in [-0.05, 0) is 37.0 Å². The average molecular weight is 149 g/mol. The van der Waals surface area contributed by atoms with Gasteiger partial charge in [-0.3, -0.25) is 4.99 Å². The fraction of sp³-hybridized carbons (Fsp3) is 0.900. The molecule has 5 aliphatic rings. The van der Waals surface area contributed by atoms with E-state index in [2.05, 4.69) is 18.1 Å². The molecule has 3 saturated carbocycles. The number of aliphatic imine (C=N–C) groups is 1. The van der Waals surface area contributed by atoms with Gasteiger partial charge < -0.3 is 0 Å². The van der Waals surface area contributed by atoms with Gasteiger partial charge in [-0.2, -0.15) is 0 Å². The van der Waals surface area contributed by atoms with Gasteiger partial charge in [0, 0.05) is 12.1 Å². The van der Waals surface area contributed by atoms with E-state index in [1.54, 1.807) is 0 Å². The zero-order chi connectivity index (χ0) is 7.47. The van der Waals surface area contributed by atoms with Crippen molar-refractivity contribution in [1.82, 2.24) is 0 Å². The highest BCUT2D eigenvalue weighted by Gasteiger charge is 2.58. The van der Waals surface area contributed by atoms with Crippen LogP contribution in [0.4, 0.5) is 0 Å². The molecular formula is C10H15N. The van der Waals surface area contributed by atoms with Crippen molar-refractivity contribution in [2.24, 2.45) is 22.2 Å². The zero-order valence-electron chi connectivity index (χ0n) is 7.09. The van der Waals surface area contributed by atoms with Crippen LogP contribution in [0.2, 0.25) is 0 Å². The number of rotatable bonds is 1. The van der Waals surface area contributed by atoms with Crippen LogP contribution in [0.25, 0.3) is 0 Å². The first-order valence-corrected chi connectivity index (χ1v) is 4.87. The van der Waals surface area contributed by atoms with Crippen LogP contribution >= 0.6 is 0 Å². The summed E-state index contributed by atoms with van der Waals surface area (Å²) in [7, 11) is 0. The second-order valence-electron chi connectivity index (χ2n) is 4.60. The summed E-state index contributed by atoms with van der Waals surface area (Å²) in [6, 6.07) is 0.721. The maximum atomic E-state index is 4.55. The molecule has 0 amide bonds. The van der Waals surface area contributed by atoms with Crippen LogP contribution in [0.15, 0.2) is 4.99 Å². The lowest BCUT2D eigenvalue weighted by atomic mass is 9.44. The lowest BCUT2D eigenvalue weighted by Gasteiger charge is -2.62. The molecule has 3 aliphatic carbocycles. The molecule has 4 unspecified atom stereocenters. The van der Waals surface area contributed by atoms with Gasteiger partial charge in [-0.25, -0.2) is 0 Å². The molecule has 3 fully saturated rings. The molecule has 1 heteroatoms. The lowest BCUT2D eigenvalue weighted by Crippen LogP contribution is -2.58. The smallest absolute Gasteiger partial charge is 0.0504 e. The summed E-state index contributed by atoms with van der Waals surface area (Å²) in [5, 5.41) is 0. The van der Waals surface area contributed by atoms with Crippen molar-refractivity contribution >= 4 is 6.21 Å². The molecule has 0 spiro atoms. The molecule has 11 heavy (non-hydrogen) atoms. The van der Waals surface area contributed by atoms with Crippen LogP contribution in [-0.4, -0.2) is 12.3 Å². The summed E-state index contributed by atoms with van der Waals surface area (Å²) in [4.78, 5) is 4.55. The third-order valence-corrected chi connectivity index (χ3v) is 4.26. The first-order chi connectivity index (χ1) is 5.34. The Morgan fingerprint density at radius 2 is 2.45 bits per heavy atom. The standard InChI is InChI=1S/C10H15N/c1-2-10-4-7-3-8(5-10)11-6-9(7)10/h6-9H,2-5H2,1H3. The zero-order valence-corrected chi connectivity index (χ0v) is 7.09. The van der Waals surface area contributed by atoms with E-state index in [0.717, 1.165) is 23.3 Å². The SMILES string of the molecule is CCC12CC3CC(C1)C2C=N3.